The summed E-state index contributed by atoms with van der Waals surface area (Å²) in [6.07, 6.45) is 0.449. The summed E-state index contributed by atoms with van der Waals surface area (Å²) >= 11 is 0. The van der Waals surface area contributed by atoms with Gasteiger partial charge in [-0.1, -0.05) is 12.1 Å². The highest BCUT2D eigenvalue weighted by Crippen LogP contribution is 2.19. The largest absolute Gasteiger partial charge is 0.488 e. The highest BCUT2D eigenvalue weighted by atomic mass is 16.5. The fraction of sp³-hybridized carbons (Fsp3) is 0.571. The summed E-state index contributed by atoms with van der Waals surface area (Å²) < 4.78 is 10.4. The van der Waals surface area contributed by atoms with Crippen LogP contribution in [0.3, 0.4) is 0 Å². The van der Waals surface area contributed by atoms with E-state index < -0.39 is 30.0 Å². The van der Waals surface area contributed by atoms with Gasteiger partial charge in [0, 0.05) is 0 Å². The number of esters is 1. The van der Waals surface area contributed by atoms with Gasteiger partial charge >= 0.3 is 5.97 Å². The Morgan fingerprint density at radius 2 is 1.52 bits per heavy atom. The number of hydrogen-bond acceptors (Lipinski definition) is 6. The van der Waals surface area contributed by atoms with Gasteiger partial charge in [0.25, 0.3) is 0 Å². The lowest BCUT2D eigenvalue weighted by Crippen LogP contribution is -2.53. The predicted molar refractivity (Wildman–Crippen MR) is 111 cm³/mol. The quantitative estimate of drug-likeness (QED) is 0.531. The third-order valence-electron chi connectivity index (χ3n) is 4.12. The lowest BCUT2D eigenvalue weighted by Gasteiger charge is -2.22. The van der Waals surface area contributed by atoms with Gasteiger partial charge < -0.3 is 25.4 Å². The summed E-state index contributed by atoms with van der Waals surface area (Å²) in [5, 5.41) is 8.14. The molecule has 0 unspecified atom stereocenters. The third-order valence-corrected chi connectivity index (χ3v) is 4.12. The second-order valence-corrected chi connectivity index (χ2v) is 7.89. The molecule has 1 aromatic rings. The number of nitrogens with one attached hydrogen (secondary N) is 3. The van der Waals surface area contributed by atoms with Crippen molar-refractivity contribution in [3.63, 3.8) is 0 Å². The average molecular weight is 408 g/mol. The van der Waals surface area contributed by atoms with Gasteiger partial charge in [-0.3, -0.25) is 9.59 Å². The first-order valence-corrected chi connectivity index (χ1v) is 9.60. The van der Waals surface area contributed by atoms with Gasteiger partial charge in [0.2, 0.25) is 11.8 Å². The standard InChI is InChI=1S/C21H33N3O5/c1-13(18(25)24-14(2)20(27)28-7)23-19(26)17(22-6)12-15-8-10-16(11-9-15)29-21(3,4)5/h8-11,13-14,17,22H,12H2,1-7H3,(H,23,26)(H,24,25)/t13-,14-,17-/m0/s1. The lowest BCUT2D eigenvalue weighted by molar-refractivity contribution is -0.144. The number of amides is 2. The van der Waals surface area contributed by atoms with Gasteiger partial charge in [-0.25, -0.2) is 4.79 Å². The first kappa shape index (κ1) is 24.4. The molecule has 2 amide bonds. The highest BCUT2D eigenvalue weighted by Gasteiger charge is 2.24. The summed E-state index contributed by atoms with van der Waals surface area (Å²) in [6.45, 7) is 9.01. The van der Waals surface area contributed by atoms with E-state index in [4.69, 9.17) is 4.74 Å². The molecular formula is C21H33N3O5. The Morgan fingerprint density at radius 1 is 0.966 bits per heavy atom. The average Bonchev–Trinajstić information content (AvgIpc) is 2.65. The van der Waals surface area contributed by atoms with Gasteiger partial charge in [-0.05, 0) is 65.8 Å². The smallest absolute Gasteiger partial charge is 0.328 e. The Bertz CT molecular complexity index is 697. The molecule has 1 aromatic carbocycles. The van der Waals surface area contributed by atoms with Crippen molar-refractivity contribution >= 4 is 17.8 Å². The van der Waals surface area contributed by atoms with E-state index in [1.807, 2.05) is 45.0 Å². The minimum Gasteiger partial charge on any atom is -0.488 e. The van der Waals surface area contributed by atoms with Gasteiger partial charge in [0.15, 0.2) is 0 Å². The number of benzene rings is 1. The SMILES string of the molecule is CN[C@@H](Cc1ccc(OC(C)(C)C)cc1)C(=O)N[C@@H](C)C(=O)N[C@@H](C)C(=O)OC. The van der Waals surface area contributed by atoms with Crippen LogP contribution in [0.2, 0.25) is 0 Å². The van der Waals surface area contributed by atoms with Crippen molar-refractivity contribution in [1.82, 2.24) is 16.0 Å². The van der Waals surface area contributed by atoms with Gasteiger partial charge in [-0.2, -0.15) is 0 Å². The maximum absolute atomic E-state index is 12.6. The second-order valence-electron chi connectivity index (χ2n) is 7.89. The van der Waals surface area contributed by atoms with Crippen LogP contribution < -0.4 is 20.7 Å². The second kappa shape index (κ2) is 10.8. The zero-order valence-corrected chi connectivity index (χ0v) is 18.3. The van der Waals surface area contributed by atoms with Crippen LogP contribution in [0.4, 0.5) is 0 Å². The minimum absolute atomic E-state index is 0.281. The van der Waals surface area contributed by atoms with Gasteiger partial charge in [0.05, 0.1) is 13.2 Å². The molecule has 0 aliphatic heterocycles. The van der Waals surface area contributed by atoms with Crippen LogP contribution in [-0.4, -0.2) is 55.7 Å². The molecule has 0 spiro atoms. The molecule has 162 valence electrons. The molecule has 3 atom stereocenters. The zero-order chi connectivity index (χ0) is 22.2. The summed E-state index contributed by atoms with van der Waals surface area (Å²) in [7, 11) is 2.93. The van der Waals surface area contributed by atoms with E-state index in [1.165, 1.54) is 14.0 Å². The van der Waals surface area contributed by atoms with Crippen molar-refractivity contribution in [3.8, 4) is 5.75 Å². The van der Waals surface area contributed by atoms with E-state index in [2.05, 4.69) is 20.7 Å². The molecule has 8 nitrogen and oxygen atoms in total. The van der Waals surface area contributed by atoms with Crippen LogP contribution in [0.5, 0.6) is 5.75 Å². The molecule has 0 fully saturated rings. The van der Waals surface area contributed by atoms with E-state index in [1.54, 1.807) is 14.0 Å². The molecular weight excluding hydrogens is 374 g/mol. The van der Waals surface area contributed by atoms with Crippen LogP contribution in [0.1, 0.15) is 40.2 Å². The molecule has 8 heteroatoms. The molecule has 0 saturated heterocycles. The molecule has 29 heavy (non-hydrogen) atoms. The summed E-state index contributed by atoms with van der Waals surface area (Å²) in [4.78, 5) is 36.1. The number of hydrogen-bond donors (Lipinski definition) is 3. The summed E-state index contributed by atoms with van der Waals surface area (Å²) in [5.41, 5.74) is 0.675. The van der Waals surface area contributed by atoms with Crippen molar-refractivity contribution < 1.29 is 23.9 Å². The minimum atomic E-state index is -0.798. The molecule has 3 N–H and O–H groups in total. The molecule has 0 radical (unpaired) electrons. The van der Waals surface area contributed by atoms with E-state index >= 15 is 0 Å². The number of rotatable bonds is 9. The van der Waals surface area contributed by atoms with Crippen LogP contribution in [0, 0.1) is 0 Å². The number of methoxy groups -OCH3 is 1. The van der Waals surface area contributed by atoms with Crippen LogP contribution >= 0.6 is 0 Å². The van der Waals surface area contributed by atoms with Crippen molar-refractivity contribution in [2.24, 2.45) is 0 Å². The van der Waals surface area contributed by atoms with Crippen molar-refractivity contribution in [1.29, 1.82) is 0 Å². The van der Waals surface area contributed by atoms with E-state index in [0.717, 1.165) is 11.3 Å². The Balaban J connectivity index is 2.65. The van der Waals surface area contributed by atoms with E-state index in [-0.39, 0.29) is 11.5 Å². The third kappa shape index (κ3) is 8.51. The van der Waals surface area contributed by atoms with Crippen molar-refractivity contribution in [2.45, 2.75) is 64.8 Å². The van der Waals surface area contributed by atoms with Crippen LogP contribution in [0.25, 0.3) is 0 Å². The fourth-order valence-electron chi connectivity index (χ4n) is 2.56. The van der Waals surface area contributed by atoms with Gasteiger partial charge in [-0.15, -0.1) is 0 Å². The highest BCUT2D eigenvalue weighted by molar-refractivity contribution is 5.91. The van der Waals surface area contributed by atoms with Crippen LogP contribution in [-0.2, 0) is 25.5 Å². The lowest BCUT2D eigenvalue weighted by atomic mass is 10.0. The van der Waals surface area contributed by atoms with Crippen molar-refractivity contribution in [2.75, 3.05) is 14.2 Å². The normalized spacial score (nSPS) is 14.3. The fourth-order valence-corrected chi connectivity index (χ4v) is 2.56. The maximum Gasteiger partial charge on any atom is 0.328 e. The summed E-state index contributed by atoms with van der Waals surface area (Å²) in [6, 6.07) is 5.46. The Morgan fingerprint density at radius 3 is 2.00 bits per heavy atom. The molecule has 0 heterocycles. The Labute approximate surface area is 172 Å². The van der Waals surface area contributed by atoms with Crippen LogP contribution in [0.15, 0.2) is 24.3 Å². The topological polar surface area (TPSA) is 106 Å². The number of ether oxygens (including phenoxy) is 2. The van der Waals surface area contributed by atoms with E-state index in [9.17, 15) is 14.4 Å². The zero-order valence-electron chi connectivity index (χ0n) is 18.3. The first-order chi connectivity index (χ1) is 13.5. The molecule has 0 aromatic heterocycles. The number of likely N-dealkylation sites (N-methyl/N-ethyl adjacent to an activating group) is 1. The van der Waals surface area contributed by atoms with Gasteiger partial charge in [0.1, 0.15) is 23.4 Å². The molecule has 1 rings (SSSR count). The first-order valence-electron chi connectivity index (χ1n) is 9.60. The Hall–Kier alpha value is -2.61. The number of carbonyl (C=O) groups is 3. The molecule has 0 aliphatic rings. The molecule has 0 saturated carbocycles. The predicted octanol–water partition coefficient (Wildman–Crippen LogP) is 1.18. The maximum atomic E-state index is 12.6. The Kier molecular flexibility index (Phi) is 9.10. The molecule has 0 bridgehead atoms. The number of carbonyl (C=O) groups excluding carboxylic acids is 3. The molecule has 0 aliphatic carbocycles. The van der Waals surface area contributed by atoms with Crippen molar-refractivity contribution in [3.05, 3.63) is 29.8 Å². The summed E-state index contributed by atoms with van der Waals surface area (Å²) in [5.74, 6) is -0.564. The van der Waals surface area contributed by atoms with E-state index in [0.29, 0.717) is 6.42 Å². The monoisotopic (exact) mass is 407 g/mol.